The lowest BCUT2D eigenvalue weighted by Crippen LogP contribution is -2.12. The van der Waals surface area contributed by atoms with Crippen LogP contribution in [0.5, 0.6) is 0 Å². The number of rotatable bonds is 5. The van der Waals surface area contributed by atoms with E-state index >= 15 is 0 Å². The van der Waals surface area contributed by atoms with Gasteiger partial charge in [-0.3, -0.25) is 0 Å². The van der Waals surface area contributed by atoms with Crippen LogP contribution in [0.15, 0.2) is 64.6 Å². The number of imidazole rings is 1. The molecule has 0 bridgehead atoms. The molecule has 0 saturated carbocycles. The maximum atomic E-state index is 11.8. The Balaban J connectivity index is 1.79. The van der Waals surface area contributed by atoms with E-state index in [4.69, 9.17) is 5.14 Å². The lowest BCUT2D eigenvalue weighted by atomic mass is 10.1. The fourth-order valence-electron chi connectivity index (χ4n) is 2.80. The molecule has 2 aromatic carbocycles. The molecular formula is C18H16N6O3S2. The molecule has 148 valence electrons. The number of benzene rings is 2. The molecule has 0 aliphatic carbocycles. The minimum absolute atomic E-state index is 0.0246. The normalized spacial score (nSPS) is 12.8. The minimum atomic E-state index is -3.83. The first-order valence-electron chi connectivity index (χ1n) is 8.36. The van der Waals surface area contributed by atoms with Crippen LogP contribution in [-0.2, 0) is 21.2 Å². The largest absolute Gasteiger partial charge is 0.612 e. The summed E-state index contributed by atoms with van der Waals surface area (Å²) < 4.78 is 35.0. The third kappa shape index (κ3) is 4.07. The van der Waals surface area contributed by atoms with Gasteiger partial charge in [-0.2, -0.15) is 4.98 Å². The predicted octanol–water partition coefficient (Wildman–Crippen LogP) is 2.15. The second-order valence-corrected chi connectivity index (χ2v) is 9.12. The number of hydrogen-bond acceptors (Lipinski definition) is 7. The van der Waals surface area contributed by atoms with Crippen molar-refractivity contribution >= 4 is 44.0 Å². The molecule has 0 aliphatic rings. The van der Waals surface area contributed by atoms with Crippen LogP contribution < -0.4 is 10.5 Å². The van der Waals surface area contributed by atoms with Gasteiger partial charge in [0.15, 0.2) is 10.5 Å². The average Bonchev–Trinajstić information content (AvgIpc) is 3.15. The van der Waals surface area contributed by atoms with Crippen LogP contribution in [0.2, 0.25) is 0 Å². The topological polar surface area (TPSA) is 150 Å². The van der Waals surface area contributed by atoms with Gasteiger partial charge in [0.2, 0.25) is 16.0 Å². The van der Waals surface area contributed by atoms with Gasteiger partial charge in [0.1, 0.15) is 17.5 Å². The van der Waals surface area contributed by atoms with Crippen LogP contribution in [0, 0.1) is 0 Å². The number of nitrogens with one attached hydrogen (secondary N) is 2. The number of aromatic amines is 1. The fraction of sp³-hybridized carbons (Fsp3) is 0.0556. The molecular weight excluding hydrogens is 412 g/mol. The molecule has 9 nitrogen and oxygen atoms in total. The maximum absolute atomic E-state index is 11.8. The molecule has 4 N–H and O–H groups in total. The molecule has 0 radical (unpaired) electrons. The molecule has 0 aliphatic heterocycles. The summed E-state index contributed by atoms with van der Waals surface area (Å²) in [4.78, 5) is 16.8. The lowest BCUT2D eigenvalue weighted by molar-refractivity contribution is 0.597. The third-order valence-electron chi connectivity index (χ3n) is 4.14. The highest BCUT2D eigenvalue weighted by atomic mass is 32.2. The average molecular weight is 428 g/mol. The highest BCUT2D eigenvalue weighted by molar-refractivity contribution is 7.90. The van der Waals surface area contributed by atoms with Crippen molar-refractivity contribution in [1.29, 1.82) is 0 Å². The number of nitrogens with zero attached hydrogens (tertiary/aromatic N) is 3. The molecule has 1 unspecified atom stereocenters. The van der Waals surface area contributed by atoms with E-state index < -0.39 is 21.2 Å². The summed E-state index contributed by atoms with van der Waals surface area (Å²) in [6.07, 6.45) is 3.12. The number of hydrogen-bond donors (Lipinski definition) is 3. The second kappa shape index (κ2) is 7.44. The number of H-pyrrole nitrogens is 1. The van der Waals surface area contributed by atoms with E-state index in [1.807, 2.05) is 6.07 Å². The van der Waals surface area contributed by atoms with Crippen molar-refractivity contribution in [2.75, 3.05) is 11.6 Å². The SMILES string of the molecule is C[S+]([O-])c1cccc(-c2nc(Nc3cccc(S(N)(=O)=O)c3)nc3[nH]cnc23)c1. The standard InChI is InChI=1S/C18H16N6O3S2/c1-28(25)13-6-2-4-11(8-13)15-16-17(21-10-20-16)24-18(23-15)22-12-5-3-7-14(9-12)29(19,26)27/h2-10H,1H3,(H2,19,26,27)(H2,20,21,22,23,24). The number of primary sulfonamides is 1. The zero-order valence-corrected chi connectivity index (χ0v) is 16.8. The molecule has 2 heterocycles. The fourth-order valence-corrected chi connectivity index (χ4v) is 3.92. The van der Waals surface area contributed by atoms with Crippen molar-refractivity contribution in [2.24, 2.45) is 5.14 Å². The van der Waals surface area contributed by atoms with Gasteiger partial charge < -0.3 is 14.9 Å². The van der Waals surface area contributed by atoms with E-state index in [2.05, 4.69) is 25.3 Å². The van der Waals surface area contributed by atoms with Crippen LogP contribution in [0.4, 0.5) is 11.6 Å². The van der Waals surface area contributed by atoms with E-state index in [1.54, 1.807) is 36.6 Å². The Hall–Kier alpha value is -2.99. The zero-order valence-electron chi connectivity index (χ0n) is 15.2. The Morgan fingerprint density at radius 1 is 1.14 bits per heavy atom. The van der Waals surface area contributed by atoms with E-state index in [0.29, 0.717) is 27.4 Å². The lowest BCUT2D eigenvalue weighted by Gasteiger charge is -2.10. The van der Waals surface area contributed by atoms with Crippen molar-refractivity contribution in [3.8, 4) is 11.3 Å². The number of nitrogens with two attached hydrogens (primary N) is 1. The zero-order chi connectivity index (χ0) is 20.6. The number of sulfonamides is 1. The van der Waals surface area contributed by atoms with Gasteiger partial charge in [-0.1, -0.05) is 18.2 Å². The molecule has 0 amide bonds. The first-order chi connectivity index (χ1) is 13.8. The highest BCUT2D eigenvalue weighted by Gasteiger charge is 2.15. The second-order valence-electron chi connectivity index (χ2n) is 6.18. The Morgan fingerprint density at radius 3 is 2.69 bits per heavy atom. The Bertz CT molecular complexity index is 1300. The maximum Gasteiger partial charge on any atom is 0.238 e. The third-order valence-corrected chi connectivity index (χ3v) is 5.97. The summed E-state index contributed by atoms with van der Waals surface area (Å²) in [5.41, 5.74) is 2.81. The smallest absolute Gasteiger partial charge is 0.238 e. The monoisotopic (exact) mass is 428 g/mol. The van der Waals surface area contributed by atoms with Gasteiger partial charge >= 0.3 is 0 Å². The summed E-state index contributed by atoms with van der Waals surface area (Å²) in [6.45, 7) is 0. The molecule has 0 saturated heterocycles. The summed E-state index contributed by atoms with van der Waals surface area (Å²) in [6, 6.07) is 13.3. The highest BCUT2D eigenvalue weighted by Crippen LogP contribution is 2.28. The Labute approximate surface area is 169 Å². The van der Waals surface area contributed by atoms with Crippen molar-refractivity contribution < 1.29 is 13.0 Å². The number of aromatic nitrogens is 4. The van der Waals surface area contributed by atoms with Gasteiger partial charge in [0.05, 0.1) is 11.2 Å². The van der Waals surface area contributed by atoms with E-state index in [0.717, 1.165) is 5.56 Å². The summed E-state index contributed by atoms with van der Waals surface area (Å²) in [5, 5.41) is 8.19. The number of anilines is 2. The van der Waals surface area contributed by atoms with Gasteiger partial charge in [-0.25, -0.2) is 23.5 Å². The van der Waals surface area contributed by atoms with Gasteiger partial charge in [0, 0.05) is 17.3 Å². The van der Waals surface area contributed by atoms with Gasteiger partial charge in [-0.05, 0) is 35.4 Å². The van der Waals surface area contributed by atoms with Crippen molar-refractivity contribution in [3.63, 3.8) is 0 Å². The van der Waals surface area contributed by atoms with Crippen LogP contribution >= 0.6 is 0 Å². The Kier molecular flexibility index (Phi) is 4.96. The van der Waals surface area contributed by atoms with E-state index in [1.165, 1.54) is 18.5 Å². The molecule has 4 aromatic rings. The summed E-state index contributed by atoms with van der Waals surface area (Å²) in [5.74, 6) is 0.242. The summed E-state index contributed by atoms with van der Waals surface area (Å²) >= 11 is -1.14. The van der Waals surface area contributed by atoms with Crippen LogP contribution in [-0.4, -0.2) is 39.2 Å². The summed E-state index contributed by atoms with van der Waals surface area (Å²) in [7, 11) is -3.83. The molecule has 11 heteroatoms. The number of fused-ring (bicyclic) bond motifs is 1. The van der Waals surface area contributed by atoms with Gasteiger partial charge in [0.25, 0.3) is 0 Å². The first kappa shape index (κ1) is 19.3. The molecule has 29 heavy (non-hydrogen) atoms. The minimum Gasteiger partial charge on any atom is -0.612 e. The van der Waals surface area contributed by atoms with Crippen LogP contribution in [0.3, 0.4) is 0 Å². The van der Waals surface area contributed by atoms with E-state index in [-0.39, 0.29) is 10.8 Å². The quantitative estimate of drug-likeness (QED) is 0.412. The Morgan fingerprint density at radius 2 is 1.93 bits per heavy atom. The van der Waals surface area contributed by atoms with Crippen LogP contribution in [0.1, 0.15) is 0 Å². The predicted molar refractivity (Wildman–Crippen MR) is 111 cm³/mol. The van der Waals surface area contributed by atoms with Gasteiger partial charge in [-0.15, -0.1) is 0 Å². The van der Waals surface area contributed by atoms with E-state index in [9.17, 15) is 13.0 Å². The van der Waals surface area contributed by atoms with Crippen molar-refractivity contribution in [1.82, 2.24) is 19.9 Å². The van der Waals surface area contributed by atoms with Crippen LogP contribution in [0.25, 0.3) is 22.4 Å². The molecule has 0 fully saturated rings. The molecule has 0 spiro atoms. The molecule has 4 rings (SSSR count). The molecule has 2 aromatic heterocycles. The van der Waals surface area contributed by atoms with Crippen molar-refractivity contribution in [3.05, 3.63) is 54.9 Å². The molecule has 1 atom stereocenters. The van der Waals surface area contributed by atoms with Crippen molar-refractivity contribution in [2.45, 2.75) is 9.79 Å². The first-order valence-corrected chi connectivity index (χ1v) is 11.5.